The maximum absolute atomic E-state index is 12.9. The number of likely N-dealkylation sites (tertiary alicyclic amines) is 1. The average Bonchev–Trinajstić information content (AvgIpc) is 2.87. The number of benzene rings is 1. The molecule has 5 nitrogen and oxygen atoms in total. The number of carbonyl (C=O) groups excluding carboxylic acids is 1. The lowest BCUT2D eigenvalue weighted by atomic mass is 10.0. The molecule has 1 N–H and O–H groups in total. The summed E-state index contributed by atoms with van der Waals surface area (Å²) in [5.74, 6) is 0.199. The lowest BCUT2D eigenvalue weighted by molar-refractivity contribution is -0.136. The van der Waals surface area contributed by atoms with Gasteiger partial charge in [-0.15, -0.1) is 0 Å². The average molecular weight is 359 g/mol. The predicted octanol–water partition coefficient (Wildman–Crippen LogP) is 3.72. The molecule has 1 saturated heterocycles. The molecule has 24 heavy (non-hydrogen) atoms. The number of urea groups is 1. The van der Waals surface area contributed by atoms with Crippen LogP contribution in [0.1, 0.15) is 5.56 Å². The number of nitrogens with one attached hydrogen (secondary N) is 1. The molecule has 0 radical (unpaired) electrons. The van der Waals surface area contributed by atoms with Crippen LogP contribution in [0.5, 0.6) is 0 Å². The Balaban J connectivity index is 1.56. The van der Waals surface area contributed by atoms with E-state index in [2.05, 4.69) is 10.4 Å². The van der Waals surface area contributed by atoms with Crippen LogP contribution in [-0.2, 0) is 12.7 Å². The number of anilines is 1. The normalized spacial score (nSPS) is 15.2. The Hall–Kier alpha value is -2.22. The van der Waals surface area contributed by atoms with Gasteiger partial charge in [0.25, 0.3) is 0 Å². The molecule has 0 spiro atoms. The van der Waals surface area contributed by atoms with E-state index in [1.54, 1.807) is 10.9 Å². The van der Waals surface area contributed by atoms with E-state index in [4.69, 9.17) is 11.6 Å². The van der Waals surface area contributed by atoms with Crippen molar-refractivity contribution in [1.82, 2.24) is 14.7 Å². The highest BCUT2D eigenvalue weighted by Gasteiger charge is 2.35. The molecular weight excluding hydrogens is 345 g/mol. The first kappa shape index (κ1) is 16.6. The minimum Gasteiger partial charge on any atom is -0.324 e. The lowest BCUT2D eigenvalue weighted by Gasteiger charge is -2.39. The van der Waals surface area contributed by atoms with Crippen molar-refractivity contribution in [2.24, 2.45) is 5.92 Å². The molecule has 0 atom stereocenters. The van der Waals surface area contributed by atoms with Gasteiger partial charge in [-0.05, 0) is 12.1 Å². The van der Waals surface area contributed by atoms with Gasteiger partial charge in [-0.3, -0.25) is 4.68 Å². The van der Waals surface area contributed by atoms with Crippen LogP contribution in [-0.4, -0.2) is 33.8 Å². The van der Waals surface area contributed by atoms with E-state index in [9.17, 15) is 18.0 Å². The van der Waals surface area contributed by atoms with Crippen molar-refractivity contribution in [1.29, 1.82) is 0 Å². The molecule has 1 aromatic heterocycles. The monoisotopic (exact) mass is 358 g/mol. The third-order valence-electron chi connectivity index (χ3n) is 3.77. The van der Waals surface area contributed by atoms with Crippen LogP contribution in [0.15, 0.2) is 36.7 Å². The molecule has 0 unspecified atom stereocenters. The van der Waals surface area contributed by atoms with E-state index in [0.717, 1.165) is 6.07 Å². The number of carbonyl (C=O) groups is 1. The van der Waals surface area contributed by atoms with Crippen molar-refractivity contribution in [2.45, 2.75) is 12.7 Å². The summed E-state index contributed by atoms with van der Waals surface area (Å²) >= 11 is 5.78. The Morgan fingerprint density at radius 1 is 1.33 bits per heavy atom. The first-order valence-corrected chi connectivity index (χ1v) is 7.61. The van der Waals surface area contributed by atoms with Gasteiger partial charge in [0.1, 0.15) is 0 Å². The largest absolute Gasteiger partial charge is 0.418 e. The maximum atomic E-state index is 12.9. The Morgan fingerprint density at radius 3 is 2.67 bits per heavy atom. The van der Waals surface area contributed by atoms with Crippen LogP contribution in [0.4, 0.5) is 23.7 Å². The van der Waals surface area contributed by atoms with Gasteiger partial charge in [0, 0.05) is 31.7 Å². The van der Waals surface area contributed by atoms with E-state index >= 15 is 0 Å². The number of hydrogen-bond acceptors (Lipinski definition) is 2. The molecule has 0 bridgehead atoms. The highest BCUT2D eigenvalue weighted by Crippen LogP contribution is 2.34. The van der Waals surface area contributed by atoms with Gasteiger partial charge in [-0.25, -0.2) is 4.79 Å². The molecule has 1 aromatic carbocycles. The van der Waals surface area contributed by atoms with Crippen molar-refractivity contribution in [3.8, 4) is 0 Å². The SMILES string of the molecule is O=C(Nc1ccccc1C(F)(F)F)N1CC(Cn2cc(Cl)cn2)C1. The van der Waals surface area contributed by atoms with Gasteiger partial charge in [-0.2, -0.15) is 18.3 Å². The van der Waals surface area contributed by atoms with E-state index < -0.39 is 17.8 Å². The third-order valence-corrected chi connectivity index (χ3v) is 3.96. The second-order valence-electron chi connectivity index (χ2n) is 5.63. The number of halogens is 4. The smallest absolute Gasteiger partial charge is 0.324 e. The molecule has 2 heterocycles. The van der Waals surface area contributed by atoms with Gasteiger partial charge < -0.3 is 10.2 Å². The van der Waals surface area contributed by atoms with Crippen molar-refractivity contribution in [3.63, 3.8) is 0 Å². The lowest BCUT2D eigenvalue weighted by Crippen LogP contribution is -2.53. The first-order chi connectivity index (χ1) is 11.3. The van der Waals surface area contributed by atoms with E-state index in [1.165, 1.54) is 29.3 Å². The van der Waals surface area contributed by atoms with Crippen molar-refractivity contribution >= 4 is 23.3 Å². The molecule has 0 saturated carbocycles. The standard InChI is InChI=1S/C15H14ClF3N4O/c16-11-5-20-23(9-11)8-10-6-22(7-10)14(24)21-13-4-2-1-3-12(13)15(17,18)19/h1-5,9-10H,6-8H2,(H,21,24). The van der Waals surface area contributed by atoms with Crippen LogP contribution in [0.25, 0.3) is 0 Å². The van der Waals surface area contributed by atoms with Crippen molar-refractivity contribution in [2.75, 3.05) is 18.4 Å². The molecular formula is C15H14ClF3N4O. The summed E-state index contributed by atoms with van der Waals surface area (Å²) in [6, 6.07) is 4.37. The summed E-state index contributed by atoms with van der Waals surface area (Å²) in [7, 11) is 0. The second-order valence-corrected chi connectivity index (χ2v) is 6.06. The van der Waals surface area contributed by atoms with Crippen LogP contribution in [0.3, 0.4) is 0 Å². The number of nitrogens with zero attached hydrogens (tertiary/aromatic N) is 3. The van der Waals surface area contributed by atoms with Gasteiger partial charge in [0.15, 0.2) is 0 Å². The van der Waals surface area contributed by atoms with E-state index in [0.29, 0.717) is 24.7 Å². The topological polar surface area (TPSA) is 50.2 Å². The van der Waals surface area contributed by atoms with Crippen LogP contribution < -0.4 is 5.32 Å². The van der Waals surface area contributed by atoms with Gasteiger partial charge >= 0.3 is 12.2 Å². The molecule has 0 aliphatic carbocycles. The van der Waals surface area contributed by atoms with Gasteiger partial charge in [0.05, 0.1) is 22.5 Å². The first-order valence-electron chi connectivity index (χ1n) is 7.23. The quantitative estimate of drug-likeness (QED) is 0.909. The fourth-order valence-electron chi connectivity index (χ4n) is 2.59. The molecule has 1 fully saturated rings. The minimum atomic E-state index is -4.51. The third kappa shape index (κ3) is 3.64. The minimum absolute atomic E-state index is 0.199. The van der Waals surface area contributed by atoms with Crippen molar-refractivity contribution in [3.05, 3.63) is 47.2 Å². The number of alkyl halides is 3. The molecule has 1 aliphatic rings. The Morgan fingerprint density at radius 2 is 2.04 bits per heavy atom. The highest BCUT2D eigenvalue weighted by molar-refractivity contribution is 6.30. The summed E-state index contributed by atoms with van der Waals surface area (Å²) in [5.41, 5.74) is -1.10. The van der Waals surface area contributed by atoms with E-state index in [-0.39, 0.29) is 11.6 Å². The summed E-state index contributed by atoms with van der Waals surface area (Å²) in [6.07, 6.45) is -1.30. The highest BCUT2D eigenvalue weighted by atomic mass is 35.5. The molecule has 3 rings (SSSR count). The summed E-state index contributed by atoms with van der Waals surface area (Å²) in [6.45, 7) is 1.52. The number of hydrogen-bond donors (Lipinski definition) is 1. The van der Waals surface area contributed by atoms with Crippen molar-refractivity contribution < 1.29 is 18.0 Å². The molecule has 9 heteroatoms. The zero-order valence-electron chi connectivity index (χ0n) is 12.4. The van der Waals surface area contributed by atoms with Crippen LogP contribution in [0.2, 0.25) is 5.02 Å². The summed E-state index contributed by atoms with van der Waals surface area (Å²) < 4.78 is 40.4. The van der Waals surface area contributed by atoms with Gasteiger partial charge in [-0.1, -0.05) is 23.7 Å². The molecule has 2 amide bonds. The summed E-state index contributed by atoms with van der Waals surface area (Å²) in [4.78, 5) is 13.5. The van der Waals surface area contributed by atoms with Crippen LogP contribution >= 0.6 is 11.6 Å². The fourth-order valence-corrected chi connectivity index (χ4v) is 2.74. The number of rotatable bonds is 3. The second kappa shape index (κ2) is 6.35. The zero-order valence-corrected chi connectivity index (χ0v) is 13.2. The van der Waals surface area contributed by atoms with Gasteiger partial charge in [0.2, 0.25) is 0 Å². The Labute approximate surface area is 141 Å². The molecule has 128 valence electrons. The number of para-hydroxylation sites is 1. The molecule has 1 aliphatic heterocycles. The Kier molecular flexibility index (Phi) is 4.40. The van der Waals surface area contributed by atoms with E-state index in [1.807, 2.05) is 0 Å². The Bertz CT molecular complexity index is 740. The molecule has 2 aromatic rings. The zero-order chi connectivity index (χ0) is 17.3. The predicted molar refractivity (Wildman–Crippen MR) is 82.8 cm³/mol. The number of amides is 2. The summed E-state index contributed by atoms with van der Waals surface area (Å²) in [5, 5.41) is 6.92. The fraction of sp³-hybridized carbons (Fsp3) is 0.333. The number of aromatic nitrogens is 2. The van der Waals surface area contributed by atoms with Crippen LogP contribution in [0, 0.1) is 5.92 Å². The maximum Gasteiger partial charge on any atom is 0.418 e.